The zero-order valence-electron chi connectivity index (χ0n) is 13.7. The van der Waals surface area contributed by atoms with Crippen molar-refractivity contribution < 1.29 is 23.8 Å². The number of carbonyl (C=O) groups is 2. The average Bonchev–Trinajstić information content (AvgIpc) is 2.51. The monoisotopic (exact) mass is 308 g/mol. The molecule has 0 aromatic heterocycles. The van der Waals surface area contributed by atoms with Crippen LogP contribution in [-0.4, -0.2) is 32.6 Å². The lowest BCUT2D eigenvalue weighted by Gasteiger charge is -2.22. The van der Waals surface area contributed by atoms with Crippen molar-refractivity contribution in [2.24, 2.45) is 5.41 Å². The van der Waals surface area contributed by atoms with Crippen LogP contribution in [0.25, 0.3) is 0 Å². The van der Waals surface area contributed by atoms with Crippen LogP contribution in [-0.2, 0) is 9.53 Å². The van der Waals surface area contributed by atoms with Crippen LogP contribution in [0.15, 0.2) is 18.2 Å². The zero-order chi connectivity index (χ0) is 16.6. The quantitative estimate of drug-likeness (QED) is 0.398. The topological polar surface area (TPSA) is 61.8 Å². The van der Waals surface area contributed by atoms with E-state index in [0.717, 1.165) is 6.29 Å². The van der Waals surface area contributed by atoms with Gasteiger partial charge in [-0.15, -0.1) is 0 Å². The van der Waals surface area contributed by atoms with Gasteiger partial charge in [-0.3, -0.25) is 9.59 Å². The van der Waals surface area contributed by atoms with Gasteiger partial charge in [-0.25, -0.2) is 0 Å². The highest BCUT2D eigenvalue weighted by molar-refractivity contribution is 5.79. The third-order valence-electron chi connectivity index (χ3n) is 3.38. The van der Waals surface area contributed by atoms with E-state index in [-0.39, 0.29) is 5.97 Å². The summed E-state index contributed by atoms with van der Waals surface area (Å²) in [7, 11) is 1.56. The predicted molar refractivity (Wildman–Crippen MR) is 83.5 cm³/mol. The molecule has 0 fully saturated rings. The van der Waals surface area contributed by atoms with Crippen molar-refractivity contribution in [1.29, 1.82) is 0 Å². The van der Waals surface area contributed by atoms with Gasteiger partial charge in [-0.1, -0.05) is 0 Å². The number of hydrogen-bond acceptors (Lipinski definition) is 5. The van der Waals surface area contributed by atoms with Crippen molar-refractivity contribution in [2.75, 3.05) is 20.3 Å². The van der Waals surface area contributed by atoms with E-state index in [0.29, 0.717) is 43.1 Å². The fourth-order valence-corrected chi connectivity index (χ4v) is 1.99. The van der Waals surface area contributed by atoms with Crippen LogP contribution in [0.1, 0.15) is 44.0 Å². The molecule has 0 saturated heterocycles. The van der Waals surface area contributed by atoms with E-state index < -0.39 is 5.41 Å². The van der Waals surface area contributed by atoms with Crippen molar-refractivity contribution in [2.45, 2.75) is 33.6 Å². The van der Waals surface area contributed by atoms with Crippen LogP contribution >= 0.6 is 0 Å². The molecule has 5 nitrogen and oxygen atoms in total. The van der Waals surface area contributed by atoms with E-state index in [4.69, 9.17) is 14.2 Å². The molecule has 0 aliphatic rings. The zero-order valence-corrected chi connectivity index (χ0v) is 13.7. The molecule has 5 heteroatoms. The highest BCUT2D eigenvalue weighted by atomic mass is 16.5. The molecule has 22 heavy (non-hydrogen) atoms. The van der Waals surface area contributed by atoms with Crippen molar-refractivity contribution in [3.05, 3.63) is 23.8 Å². The number of carbonyl (C=O) groups excluding carboxylic acids is 2. The van der Waals surface area contributed by atoms with E-state index in [1.165, 1.54) is 0 Å². The lowest BCUT2D eigenvalue weighted by molar-refractivity contribution is -0.153. The van der Waals surface area contributed by atoms with E-state index in [2.05, 4.69) is 0 Å². The van der Waals surface area contributed by atoms with Gasteiger partial charge in [0.05, 0.1) is 31.3 Å². The first-order chi connectivity index (χ1) is 10.4. The van der Waals surface area contributed by atoms with E-state index in [1.807, 2.05) is 13.8 Å². The standard InChI is InChI=1S/C17H24O5/c1-5-21-16(19)17(2,3)9-6-10-22-15-11-14(20-4)8-7-13(15)12-18/h7-8,11-12H,5-6,9-10H2,1-4H3. The highest BCUT2D eigenvalue weighted by Gasteiger charge is 2.28. The Labute approximate surface area is 131 Å². The van der Waals surface area contributed by atoms with Crippen molar-refractivity contribution in [3.63, 3.8) is 0 Å². The Balaban J connectivity index is 2.54. The van der Waals surface area contributed by atoms with Crippen LogP contribution in [0.2, 0.25) is 0 Å². The molecule has 0 bridgehead atoms. The van der Waals surface area contributed by atoms with Gasteiger partial charge in [-0.05, 0) is 45.7 Å². The van der Waals surface area contributed by atoms with Crippen LogP contribution in [0.4, 0.5) is 0 Å². The van der Waals surface area contributed by atoms with Crippen LogP contribution in [0.3, 0.4) is 0 Å². The number of aldehydes is 1. The molecule has 0 unspecified atom stereocenters. The van der Waals surface area contributed by atoms with Crippen molar-refractivity contribution in [1.82, 2.24) is 0 Å². The van der Waals surface area contributed by atoms with E-state index >= 15 is 0 Å². The minimum atomic E-state index is -0.540. The van der Waals surface area contributed by atoms with Gasteiger partial charge >= 0.3 is 5.97 Å². The molecule has 0 N–H and O–H groups in total. The SMILES string of the molecule is CCOC(=O)C(C)(C)CCCOc1cc(OC)ccc1C=O. The van der Waals surface area contributed by atoms with Gasteiger partial charge in [0.15, 0.2) is 6.29 Å². The first kappa shape index (κ1) is 18.0. The fourth-order valence-electron chi connectivity index (χ4n) is 1.99. The normalized spacial score (nSPS) is 10.9. The molecule has 0 aliphatic carbocycles. The van der Waals surface area contributed by atoms with E-state index in [1.54, 1.807) is 32.2 Å². The number of hydrogen-bond donors (Lipinski definition) is 0. The van der Waals surface area contributed by atoms with Gasteiger partial charge in [0.25, 0.3) is 0 Å². The molecule has 0 amide bonds. The smallest absolute Gasteiger partial charge is 0.311 e. The second-order valence-electron chi connectivity index (χ2n) is 5.58. The lowest BCUT2D eigenvalue weighted by atomic mass is 9.88. The fraction of sp³-hybridized carbons (Fsp3) is 0.529. The predicted octanol–water partition coefficient (Wildman–Crippen LogP) is 3.26. The Bertz CT molecular complexity index is 508. The van der Waals surface area contributed by atoms with Gasteiger partial charge in [-0.2, -0.15) is 0 Å². The summed E-state index contributed by atoms with van der Waals surface area (Å²) in [5.74, 6) is 0.917. The minimum Gasteiger partial charge on any atom is -0.497 e. The lowest BCUT2D eigenvalue weighted by Crippen LogP contribution is -2.27. The maximum atomic E-state index is 11.8. The first-order valence-electron chi connectivity index (χ1n) is 7.38. The summed E-state index contributed by atoms with van der Waals surface area (Å²) in [6.45, 7) is 6.30. The van der Waals surface area contributed by atoms with Crippen LogP contribution in [0, 0.1) is 5.41 Å². The molecule has 1 aromatic rings. The van der Waals surface area contributed by atoms with Crippen LogP contribution in [0.5, 0.6) is 11.5 Å². The molecule has 0 radical (unpaired) electrons. The van der Waals surface area contributed by atoms with E-state index in [9.17, 15) is 9.59 Å². The largest absolute Gasteiger partial charge is 0.497 e. The molecule has 0 spiro atoms. The molecule has 122 valence electrons. The molecule has 1 aromatic carbocycles. The first-order valence-corrected chi connectivity index (χ1v) is 7.38. The molecular formula is C17H24O5. The Kier molecular flexibility index (Phi) is 6.89. The van der Waals surface area contributed by atoms with Crippen molar-refractivity contribution >= 4 is 12.3 Å². The number of rotatable bonds is 9. The maximum Gasteiger partial charge on any atom is 0.311 e. The summed E-state index contributed by atoms with van der Waals surface area (Å²) in [6.07, 6.45) is 2.07. The summed E-state index contributed by atoms with van der Waals surface area (Å²) in [6, 6.07) is 5.05. The number of benzene rings is 1. The number of methoxy groups -OCH3 is 1. The van der Waals surface area contributed by atoms with Crippen molar-refractivity contribution in [3.8, 4) is 11.5 Å². The Hall–Kier alpha value is -2.04. The molecule has 0 saturated carbocycles. The maximum absolute atomic E-state index is 11.8. The molecule has 0 heterocycles. The highest BCUT2D eigenvalue weighted by Crippen LogP contribution is 2.26. The van der Waals surface area contributed by atoms with Gasteiger partial charge in [0.2, 0.25) is 0 Å². The third kappa shape index (κ3) is 5.06. The van der Waals surface area contributed by atoms with Gasteiger partial charge in [0, 0.05) is 6.07 Å². The summed E-state index contributed by atoms with van der Waals surface area (Å²) in [5.41, 5.74) is -0.0632. The average molecular weight is 308 g/mol. The third-order valence-corrected chi connectivity index (χ3v) is 3.38. The Morgan fingerprint density at radius 2 is 2.05 bits per heavy atom. The second kappa shape index (κ2) is 8.41. The van der Waals surface area contributed by atoms with Gasteiger partial charge < -0.3 is 14.2 Å². The minimum absolute atomic E-state index is 0.204. The Morgan fingerprint density at radius 3 is 2.64 bits per heavy atom. The molecule has 1 rings (SSSR count). The molecule has 0 atom stereocenters. The summed E-state index contributed by atoms with van der Waals surface area (Å²) >= 11 is 0. The summed E-state index contributed by atoms with van der Waals surface area (Å²) in [4.78, 5) is 22.8. The molecule has 0 aliphatic heterocycles. The van der Waals surface area contributed by atoms with Gasteiger partial charge in [0.1, 0.15) is 11.5 Å². The molecular weight excluding hydrogens is 284 g/mol. The summed E-state index contributed by atoms with van der Waals surface area (Å²) in [5, 5.41) is 0. The van der Waals surface area contributed by atoms with Crippen LogP contribution < -0.4 is 9.47 Å². The summed E-state index contributed by atoms with van der Waals surface area (Å²) < 4.78 is 15.8. The second-order valence-corrected chi connectivity index (χ2v) is 5.58. The number of esters is 1. The number of ether oxygens (including phenoxy) is 3. The Morgan fingerprint density at radius 1 is 1.32 bits per heavy atom.